The van der Waals surface area contributed by atoms with Crippen molar-refractivity contribution in [2.45, 2.75) is 12.5 Å². The monoisotopic (exact) mass is 355 g/mol. The van der Waals surface area contributed by atoms with E-state index >= 15 is 0 Å². The number of hydrogen-bond donors (Lipinski definition) is 1. The van der Waals surface area contributed by atoms with Gasteiger partial charge in [-0.3, -0.25) is 4.98 Å². The summed E-state index contributed by atoms with van der Waals surface area (Å²) in [6.45, 7) is 0. The predicted molar refractivity (Wildman–Crippen MR) is 74.7 cm³/mol. The average molecular weight is 357 g/mol. The van der Waals surface area contributed by atoms with Gasteiger partial charge in [-0.2, -0.15) is 0 Å². The molecule has 1 N–H and O–H groups in total. The lowest BCUT2D eigenvalue weighted by molar-refractivity contribution is 0.177. The summed E-state index contributed by atoms with van der Waals surface area (Å²) in [6, 6.07) is 11.4. The fourth-order valence-corrected chi connectivity index (χ4v) is 2.20. The van der Waals surface area contributed by atoms with Crippen LogP contribution in [0.4, 0.5) is 0 Å². The Balaban J connectivity index is 2.14. The molecule has 0 aliphatic rings. The zero-order valence-corrected chi connectivity index (χ0v) is 12.1. The highest BCUT2D eigenvalue weighted by Crippen LogP contribution is 2.27. The van der Waals surface area contributed by atoms with Crippen LogP contribution in [0.1, 0.15) is 17.4 Å². The topological polar surface area (TPSA) is 33.1 Å². The van der Waals surface area contributed by atoms with Gasteiger partial charge in [-0.25, -0.2) is 0 Å². The number of aromatic nitrogens is 1. The van der Waals surface area contributed by atoms with Crippen molar-refractivity contribution in [1.82, 2.24) is 4.98 Å². The molecule has 0 fully saturated rings. The van der Waals surface area contributed by atoms with Crippen LogP contribution in [0.2, 0.25) is 0 Å². The molecule has 1 atom stereocenters. The molecule has 0 amide bonds. The second-order valence-corrected chi connectivity index (χ2v) is 5.42. The first-order valence-corrected chi connectivity index (χ1v) is 6.78. The van der Waals surface area contributed by atoms with E-state index in [1.165, 1.54) is 0 Å². The molecule has 0 saturated heterocycles. The van der Waals surface area contributed by atoms with Crippen molar-refractivity contribution in [3.8, 4) is 0 Å². The lowest BCUT2D eigenvalue weighted by atomic mass is 10.0. The molecule has 88 valence electrons. The minimum Gasteiger partial charge on any atom is -0.388 e. The molecule has 0 saturated carbocycles. The molecule has 0 spiro atoms. The van der Waals surface area contributed by atoms with E-state index in [0.717, 1.165) is 20.2 Å². The van der Waals surface area contributed by atoms with Gasteiger partial charge in [0.1, 0.15) is 0 Å². The Kier molecular flexibility index (Phi) is 4.31. The van der Waals surface area contributed by atoms with Crippen molar-refractivity contribution in [2.75, 3.05) is 0 Å². The Morgan fingerprint density at radius 1 is 1.12 bits per heavy atom. The molecule has 2 aromatic rings. The highest BCUT2D eigenvalue weighted by Gasteiger charge is 2.10. The first kappa shape index (κ1) is 12.7. The molecule has 4 heteroatoms. The van der Waals surface area contributed by atoms with Crippen molar-refractivity contribution < 1.29 is 5.11 Å². The van der Waals surface area contributed by atoms with E-state index in [1.54, 1.807) is 6.20 Å². The number of halogens is 2. The number of nitrogens with zero attached hydrogens (tertiary/aromatic N) is 1. The van der Waals surface area contributed by atoms with Gasteiger partial charge in [-0.15, -0.1) is 0 Å². The molecule has 1 heterocycles. The minimum atomic E-state index is -0.533. The van der Waals surface area contributed by atoms with E-state index in [4.69, 9.17) is 0 Å². The minimum absolute atomic E-state index is 0.523. The zero-order valence-electron chi connectivity index (χ0n) is 8.98. The Labute approximate surface area is 117 Å². The third-order valence-electron chi connectivity index (χ3n) is 2.46. The van der Waals surface area contributed by atoms with Crippen LogP contribution in [-0.4, -0.2) is 10.1 Å². The molecular weight excluding hydrogens is 346 g/mol. The van der Waals surface area contributed by atoms with Crippen molar-refractivity contribution >= 4 is 31.9 Å². The molecule has 17 heavy (non-hydrogen) atoms. The van der Waals surface area contributed by atoms with Gasteiger partial charge in [-0.1, -0.05) is 12.1 Å². The maximum absolute atomic E-state index is 10.1. The van der Waals surface area contributed by atoms with E-state index in [9.17, 15) is 5.11 Å². The van der Waals surface area contributed by atoms with E-state index in [0.29, 0.717) is 6.42 Å². The van der Waals surface area contributed by atoms with Crippen LogP contribution in [0.5, 0.6) is 0 Å². The smallest absolute Gasteiger partial charge is 0.0845 e. The fourth-order valence-electron chi connectivity index (χ4n) is 1.55. The summed E-state index contributed by atoms with van der Waals surface area (Å²) in [6.07, 6.45) is 1.73. The molecular formula is C13H11Br2NO. The largest absolute Gasteiger partial charge is 0.388 e. The second-order valence-electron chi connectivity index (χ2n) is 3.71. The first-order chi connectivity index (χ1) is 8.16. The Morgan fingerprint density at radius 2 is 1.94 bits per heavy atom. The predicted octanol–water partition coefficient (Wildman–Crippen LogP) is 3.88. The van der Waals surface area contributed by atoms with Crippen LogP contribution in [0.15, 0.2) is 51.5 Å². The SMILES string of the molecule is OC(Cc1ccccn1)c1ccc(Br)c(Br)c1. The third-order valence-corrected chi connectivity index (χ3v) is 4.34. The molecule has 1 aromatic carbocycles. The Bertz CT molecular complexity index is 502. The van der Waals surface area contributed by atoms with E-state index in [-0.39, 0.29) is 0 Å². The molecule has 1 aromatic heterocycles. The van der Waals surface area contributed by atoms with Gasteiger partial charge < -0.3 is 5.11 Å². The number of rotatable bonds is 3. The van der Waals surface area contributed by atoms with Crippen molar-refractivity contribution in [2.24, 2.45) is 0 Å². The Hall–Kier alpha value is -0.710. The maximum atomic E-state index is 10.1. The standard InChI is InChI=1S/C13H11Br2NO/c14-11-5-4-9(7-12(11)15)13(17)8-10-3-1-2-6-16-10/h1-7,13,17H,8H2. The zero-order chi connectivity index (χ0) is 12.3. The fraction of sp³-hybridized carbons (Fsp3) is 0.154. The summed E-state index contributed by atoms with van der Waals surface area (Å²) in [5, 5.41) is 10.1. The lowest BCUT2D eigenvalue weighted by Crippen LogP contribution is -2.03. The molecule has 0 radical (unpaired) electrons. The van der Waals surface area contributed by atoms with E-state index in [2.05, 4.69) is 36.8 Å². The van der Waals surface area contributed by atoms with Gasteiger partial charge in [0.15, 0.2) is 0 Å². The maximum Gasteiger partial charge on any atom is 0.0845 e. The molecule has 0 aliphatic carbocycles. The summed E-state index contributed by atoms with van der Waals surface area (Å²) < 4.78 is 1.92. The van der Waals surface area contributed by atoms with Crippen molar-refractivity contribution in [1.29, 1.82) is 0 Å². The van der Waals surface area contributed by atoms with E-state index < -0.39 is 6.10 Å². The highest BCUT2D eigenvalue weighted by atomic mass is 79.9. The molecule has 0 bridgehead atoms. The Morgan fingerprint density at radius 3 is 2.59 bits per heavy atom. The number of benzene rings is 1. The van der Waals surface area contributed by atoms with Crippen LogP contribution in [-0.2, 0) is 6.42 Å². The molecule has 2 nitrogen and oxygen atoms in total. The summed E-state index contributed by atoms with van der Waals surface area (Å²) in [4.78, 5) is 4.20. The number of aliphatic hydroxyl groups excluding tert-OH is 1. The number of hydrogen-bond acceptors (Lipinski definition) is 2. The van der Waals surface area contributed by atoms with E-state index in [1.807, 2.05) is 36.4 Å². The van der Waals surface area contributed by atoms with Crippen LogP contribution in [0.3, 0.4) is 0 Å². The van der Waals surface area contributed by atoms with Crippen LogP contribution >= 0.6 is 31.9 Å². The summed E-state index contributed by atoms with van der Waals surface area (Å²) in [5.41, 5.74) is 1.77. The number of aliphatic hydroxyl groups is 1. The van der Waals surface area contributed by atoms with Gasteiger partial charge in [0.05, 0.1) is 6.10 Å². The van der Waals surface area contributed by atoms with Gasteiger partial charge >= 0.3 is 0 Å². The van der Waals surface area contributed by atoms with Gasteiger partial charge in [0.2, 0.25) is 0 Å². The molecule has 2 rings (SSSR count). The van der Waals surface area contributed by atoms with Crippen molar-refractivity contribution in [3.05, 3.63) is 62.8 Å². The normalized spacial score (nSPS) is 12.4. The third kappa shape index (κ3) is 3.37. The van der Waals surface area contributed by atoms with Crippen LogP contribution < -0.4 is 0 Å². The molecule has 0 aliphatic heterocycles. The highest BCUT2D eigenvalue weighted by molar-refractivity contribution is 9.13. The summed E-state index contributed by atoms with van der Waals surface area (Å²) in [5.74, 6) is 0. The first-order valence-electron chi connectivity index (χ1n) is 5.20. The van der Waals surface area contributed by atoms with Gasteiger partial charge in [0, 0.05) is 27.3 Å². The summed E-state index contributed by atoms with van der Waals surface area (Å²) >= 11 is 6.83. The van der Waals surface area contributed by atoms with Crippen molar-refractivity contribution in [3.63, 3.8) is 0 Å². The van der Waals surface area contributed by atoms with Gasteiger partial charge in [0.25, 0.3) is 0 Å². The van der Waals surface area contributed by atoms with Crippen LogP contribution in [0.25, 0.3) is 0 Å². The average Bonchev–Trinajstić information content (AvgIpc) is 2.34. The number of pyridine rings is 1. The summed E-state index contributed by atoms with van der Waals surface area (Å²) in [7, 11) is 0. The molecule has 1 unspecified atom stereocenters. The second kappa shape index (κ2) is 5.76. The van der Waals surface area contributed by atoms with Gasteiger partial charge in [-0.05, 0) is 61.7 Å². The quantitative estimate of drug-likeness (QED) is 0.905. The van der Waals surface area contributed by atoms with Crippen LogP contribution in [0, 0.1) is 0 Å². The lowest BCUT2D eigenvalue weighted by Gasteiger charge is -2.11.